The normalized spacial score (nSPS) is 15.4. The van der Waals surface area contributed by atoms with Gasteiger partial charge in [0.25, 0.3) is 5.91 Å². The number of fused-ring (bicyclic) bond motifs is 1. The van der Waals surface area contributed by atoms with Gasteiger partial charge in [-0.2, -0.15) is 0 Å². The molecule has 6 nitrogen and oxygen atoms in total. The van der Waals surface area contributed by atoms with Crippen molar-refractivity contribution in [2.24, 2.45) is 0 Å². The lowest BCUT2D eigenvalue weighted by molar-refractivity contribution is -0.118. The molecule has 2 unspecified atom stereocenters. The summed E-state index contributed by atoms with van der Waals surface area (Å²) in [6, 6.07) is 12.5. The minimum atomic E-state index is -0.642. The van der Waals surface area contributed by atoms with Crippen molar-refractivity contribution in [3.63, 3.8) is 0 Å². The second-order valence-corrected chi connectivity index (χ2v) is 6.62. The summed E-state index contributed by atoms with van der Waals surface area (Å²) in [5, 5.41) is 16.8. The van der Waals surface area contributed by atoms with E-state index in [0.29, 0.717) is 35.4 Å². The van der Waals surface area contributed by atoms with Gasteiger partial charge in [0.1, 0.15) is 18.1 Å². The lowest BCUT2D eigenvalue weighted by Gasteiger charge is -2.20. The molecule has 1 aliphatic rings. The molecule has 0 aromatic heterocycles. The molecule has 2 aromatic carbocycles. The molecular weight excluding hydrogens is 356 g/mol. The van der Waals surface area contributed by atoms with E-state index in [0.717, 1.165) is 5.56 Å². The zero-order valence-corrected chi connectivity index (χ0v) is 15.1. The van der Waals surface area contributed by atoms with Gasteiger partial charge in [-0.15, -0.1) is 0 Å². The van der Waals surface area contributed by atoms with E-state index in [-0.39, 0.29) is 18.6 Å². The molecule has 26 heavy (non-hydrogen) atoms. The molecule has 1 heterocycles. The molecule has 0 spiro atoms. The number of anilines is 1. The third-order valence-corrected chi connectivity index (χ3v) is 4.21. The molecule has 0 aliphatic carbocycles. The van der Waals surface area contributed by atoms with Crippen LogP contribution in [0.5, 0.6) is 11.5 Å². The number of ether oxygens (including phenoxy) is 2. The zero-order valence-electron chi connectivity index (χ0n) is 14.4. The number of hydrogen-bond acceptors (Lipinski definition) is 5. The first-order valence-corrected chi connectivity index (χ1v) is 8.75. The average molecular weight is 377 g/mol. The number of carbonyl (C=O) groups excluding carboxylic acids is 1. The second-order valence-electron chi connectivity index (χ2n) is 6.19. The van der Waals surface area contributed by atoms with Crippen LogP contribution in [0.25, 0.3) is 0 Å². The lowest BCUT2D eigenvalue weighted by Crippen LogP contribution is -2.35. The summed E-state index contributed by atoms with van der Waals surface area (Å²) in [5.41, 5.74) is 1.41. The summed E-state index contributed by atoms with van der Waals surface area (Å²) in [7, 11) is 0. The van der Waals surface area contributed by atoms with Crippen LogP contribution in [-0.2, 0) is 4.79 Å². The van der Waals surface area contributed by atoms with Crippen LogP contribution in [-0.4, -0.2) is 36.8 Å². The van der Waals surface area contributed by atoms with Crippen LogP contribution < -0.4 is 20.1 Å². The number of halogens is 1. The summed E-state index contributed by atoms with van der Waals surface area (Å²) < 4.78 is 11.1. The van der Waals surface area contributed by atoms with E-state index in [1.807, 2.05) is 19.1 Å². The second kappa shape index (κ2) is 8.40. The monoisotopic (exact) mass is 376 g/mol. The zero-order chi connectivity index (χ0) is 18.5. The molecule has 7 heteroatoms. The van der Waals surface area contributed by atoms with Gasteiger partial charge in [0.2, 0.25) is 0 Å². The Labute approximate surface area is 157 Å². The van der Waals surface area contributed by atoms with Gasteiger partial charge in [0.15, 0.2) is 6.61 Å². The van der Waals surface area contributed by atoms with Gasteiger partial charge >= 0.3 is 0 Å². The van der Waals surface area contributed by atoms with Gasteiger partial charge in [-0.3, -0.25) is 4.79 Å². The molecule has 0 saturated carbocycles. The fourth-order valence-electron chi connectivity index (χ4n) is 2.57. The van der Waals surface area contributed by atoms with Crippen molar-refractivity contribution in [3.05, 3.63) is 53.1 Å². The maximum Gasteiger partial charge on any atom is 0.262 e. The highest BCUT2D eigenvalue weighted by Crippen LogP contribution is 2.31. The SMILES string of the molecule is CC(COc1ccc2c(c1)OCC(=O)N2)NCC(O)c1cccc(Cl)c1. The number of aliphatic hydroxyl groups is 1. The quantitative estimate of drug-likeness (QED) is 0.692. The van der Waals surface area contributed by atoms with Crippen LogP contribution in [0.2, 0.25) is 5.02 Å². The number of benzene rings is 2. The Balaban J connectivity index is 1.47. The predicted octanol–water partition coefficient (Wildman–Crippen LogP) is 2.76. The average Bonchev–Trinajstić information content (AvgIpc) is 2.64. The van der Waals surface area contributed by atoms with Crippen molar-refractivity contribution in [1.29, 1.82) is 0 Å². The number of amides is 1. The molecule has 2 atom stereocenters. The molecular formula is C19H21ClN2O4. The van der Waals surface area contributed by atoms with Crippen LogP contribution in [0, 0.1) is 0 Å². The Morgan fingerprint density at radius 2 is 2.19 bits per heavy atom. The van der Waals surface area contributed by atoms with E-state index in [4.69, 9.17) is 21.1 Å². The molecule has 0 radical (unpaired) electrons. The molecule has 0 bridgehead atoms. The smallest absolute Gasteiger partial charge is 0.262 e. The molecule has 0 fully saturated rings. The molecule has 3 N–H and O–H groups in total. The standard InChI is InChI=1S/C19H21ClN2O4/c1-12(21-9-17(23)13-3-2-4-14(20)7-13)10-25-15-5-6-16-18(8-15)26-11-19(24)22-16/h2-8,12,17,21,23H,9-11H2,1H3,(H,22,24). The maximum absolute atomic E-state index is 11.3. The summed E-state index contributed by atoms with van der Waals surface area (Å²) in [4.78, 5) is 11.3. The van der Waals surface area contributed by atoms with E-state index in [1.165, 1.54) is 0 Å². The molecule has 0 saturated heterocycles. The maximum atomic E-state index is 11.3. The first kappa shape index (κ1) is 18.5. The summed E-state index contributed by atoms with van der Waals surface area (Å²) in [5.74, 6) is 1.09. The van der Waals surface area contributed by atoms with E-state index in [2.05, 4.69) is 10.6 Å². The molecule has 3 rings (SSSR count). The van der Waals surface area contributed by atoms with Crippen molar-refractivity contribution in [3.8, 4) is 11.5 Å². The van der Waals surface area contributed by atoms with Crippen molar-refractivity contribution >= 4 is 23.2 Å². The van der Waals surface area contributed by atoms with Crippen LogP contribution in [0.3, 0.4) is 0 Å². The van der Waals surface area contributed by atoms with Crippen molar-refractivity contribution in [2.75, 3.05) is 25.1 Å². The van der Waals surface area contributed by atoms with Gasteiger partial charge < -0.3 is 25.2 Å². The highest BCUT2D eigenvalue weighted by molar-refractivity contribution is 6.30. The summed E-state index contributed by atoms with van der Waals surface area (Å²) in [6.07, 6.45) is -0.642. The van der Waals surface area contributed by atoms with Crippen molar-refractivity contribution in [1.82, 2.24) is 5.32 Å². The fourth-order valence-corrected chi connectivity index (χ4v) is 2.77. The highest BCUT2D eigenvalue weighted by Gasteiger charge is 2.16. The van der Waals surface area contributed by atoms with Gasteiger partial charge in [0, 0.05) is 23.7 Å². The van der Waals surface area contributed by atoms with E-state index in [9.17, 15) is 9.90 Å². The van der Waals surface area contributed by atoms with Gasteiger partial charge in [-0.05, 0) is 36.8 Å². The first-order chi connectivity index (χ1) is 12.5. The minimum Gasteiger partial charge on any atom is -0.492 e. The number of carbonyl (C=O) groups is 1. The van der Waals surface area contributed by atoms with Gasteiger partial charge in [-0.25, -0.2) is 0 Å². The van der Waals surface area contributed by atoms with Gasteiger partial charge in [0.05, 0.1) is 11.8 Å². The van der Waals surface area contributed by atoms with Crippen molar-refractivity contribution in [2.45, 2.75) is 19.1 Å². The largest absolute Gasteiger partial charge is 0.492 e. The predicted molar refractivity (Wildman–Crippen MR) is 99.9 cm³/mol. The molecule has 1 aliphatic heterocycles. The number of hydrogen-bond donors (Lipinski definition) is 3. The third-order valence-electron chi connectivity index (χ3n) is 3.98. The highest BCUT2D eigenvalue weighted by atomic mass is 35.5. The Morgan fingerprint density at radius 1 is 1.35 bits per heavy atom. The van der Waals surface area contributed by atoms with E-state index in [1.54, 1.807) is 30.3 Å². The van der Waals surface area contributed by atoms with Crippen LogP contribution >= 0.6 is 11.6 Å². The Hall–Kier alpha value is -2.28. The fraction of sp³-hybridized carbons (Fsp3) is 0.316. The minimum absolute atomic E-state index is 0.00972. The molecule has 1 amide bonds. The Bertz CT molecular complexity index is 784. The van der Waals surface area contributed by atoms with E-state index >= 15 is 0 Å². The first-order valence-electron chi connectivity index (χ1n) is 8.37. The molecule has 138 valence electrons. The number of rotatable bonds is 7. The van der Waals surface area contributed by atoms with Crippen LogP contribution in [0.4, 0.5) is 5.69 Å². The molecule has 2 aromatic rings. The lowest BCUT2D eigenvalue weighted by atomic mass is 10.1. The number of aliphatic hydroxyl groups excluding tert-OH is 1. The third kappa shape index (κ3) is 4.88. The van der Waals surface area contributed by atoms with Crippen LogP contribution in [0.15, 0.2) is 42.5 Å². The van der Waals surface area contributed by atoms with Gasteiger partial charge in [-0.1, -0.05) is 23.7 Å². The Kier molecular flexibility index (Phi) is 5.98. The Morgan fingerprint density at radius 3 is 3.00 bits per heavy atom. The summed E-state index contributed by atoms with van der Waals surface area (Å²) in [6.45, 7) is 2.80. The topological polar surface area (TPSA) is 79.8 Å². The van der Waals surface area contributed by atoms with Crippen molar-refractivity contribution < 1.29 is 19.4 Å². The summed E-state index contributed by atoms with van der Waals surface area (Å²) >= 11 is 5.94. The van der Waals surface area contributed by atoms with E-state index < -0.39 is 6.10 Å². The van der Waals surface area contributed by atoms with Crippen LogP contribution in [0.1, 0.15) is 18.6 Å². The number of nitrogens with one attached hydrogen (secondary N) is 2.